The number of ether oxygens (including phenoxy) is 3. The third-order valence-corrected chi connectivity index (χ3v) is 6.64. The number of rotatable bonds is 8. The standard InChI is InChI=1S/C29H34N2O4/c1-21-9-7-11-24(19-21)31(29(32)25-12-5-6-13-26(25)33-2)23-15-17-30(18-16-23)20-22-10-8-14-27(34-3)28(22)35-4/h5-14,19,23H,15-18,20H2,1-4H3. The van der Waals surface area contributed by atoms with Crippen LogP contribution in [0, 0.1) is 6.92 Å². The molecular formula is C29H34N2O4. The quantitative estimate of drug-likeness (QED) is 0.442. The molecule has 0 aliphatic carbocycles. The van der Waals surface area contributed by atoms with E-state index in [-0.39, 0.29) is 11.9 Å². The molecule has 0 aromatic heterocycles. The van der Waals surface area contributed by atoms with Crippen molar-refractivity contribution < 1.29 is 19.0 Å². The number of likely N-dealkylation sites (tertiary alicyclic amines) is 1. The molecule has 1 fully saturated rings. The Morgan fingerprint density at radius 3 is 2.26 bits per heavy atom. The van der Waals surface area contributed by atoms with Gasteiger partial charge in [0.2, 0.25) is 0 Å². The minimum atomic E-state index is -0.0269. The second kappa shape index (κ2) is 11.3. The van der Waals surface area contributed by atoms with Crippen molar-refractivity contribution in [3.8, 4) is 17.2 Å². The summed E-state index contributed by atoms with van der Waals surface area (Å²) in [6, 6.07) is 21.7. The molecule has 0 radical (unpaired) electrons. The number of anilines is 1. The van der Waals surface area contributed by atoms with Gasteiger partial charge in [-0.3, -0.25) is 9.69 Å². The van der Waals surface area contributed by atoms with Crippen molar-refractivity contribution in [1.82, 2.24) is 4.90 Å². The van der Waals surface area contributed by atoms with Crippen molar-refractivity contribution in [1.29, 1.82) is 0 Å². The zero-order valence-electron chi connectivity index (χ0n) is 21.0. The Morgan fingerprint density at radius 1 is 0.886 bits per heavy atom. The van der Waals surface area contributed by atoms with Gasteiger partial charge in [0.25, 0.3) is 5.91 Å². The van der Waals surface area contributed by atoms with Crippen molar-refractivity contribution in [3.63, 3.8) is 0 Å². The molecule has 0 unspecified atom stereocenters. The van der Waals surface area contributed by atoms with E-state index in [0.717, 1.165) is 60.8 Å². The first-order valence-electron chi connectivity index (χ1n) is 12.0. The van der Waals surface area contributed by atoms with E-state index in [2.05, 4.69) is 30.0 Å². The topological polar surface area (TPSA) is 51.2 Å². The molecule has 35 heavy (non-hydrogen) atoms. The molecule has 1 aliphatic rings. The average molecular weight is 475 g/mol. The number of aryl methyl sites for hydroxylation is 1. The zero-order valence-corrected chi connectivity index (χ0v) is 21.0. The Hall–Kier alpha value is -3.51. The van der Waals surface area contributed by atoms with Gasteiger partial charge in [-0.15, -0.1) is 0 Å². The van der Waals surface area contributed by atoms with Crippen LogP contribution in [0.25, 0.3) is 0 Å². The number of hydrogen-bond acceptors (Lipinski definition) is 5. The van der Waals surface area contributed by atoms with Gasteiger partial charge in [0.1, 0.15) is 5.75 Å². The number of amides is 1. The van der Waals surface area contributed by atoms with Gasteiger partial charge in [-0.25, -0.2) is 0 Å². The van der Waals surface area contributed by atoms with Gasteiger partial charge in [0.05, 0.1) is 26.9 Å². The molecule has 6 heteroatoms. The molecule has 0 bridgehead atoms. The lowest BCUT2D eigenvalue weighted by atomic mass is 9.99. The predicted molar refractivity (Wildman–Crippen MR) is 139 cm³/mol. The van der Waals surface area contributed by atoms with Crippen LogP contribution in [-0.2, 0) is 6.54 Å². The second-order valence-electron chi connectivity index (χ2n) is 8.87. The Balaban J connectivity index is 1.55. The number of benzene rings is 3. The fourth-order valence-electron chi connectivity index (χ4n) is 4.88. The fourth-order valence-corrected chi connectivity index (χ4v) is 4.88. The van der Waals surface area contributed by atoms with Crippen LogP contribution in [0.2, 0.25) is 0 Å². The minimum Gasteiger partial charge on any atom is -0.496 e. The zero-order chi connectivity index (χ0) is 24.8. The monoisotopic (exact) mass is 474 g/mol. The molecule has 0 N–H and O–H groups in total. The van der Waals surface area contributed by atoms with Gasteiger partial charge in [0, 0.05) is 36.9 Å². The van der Waals surface area contributed by atoms with Crippen molar-refractivity contribution in [3.05, 3.63) is 83.4 Å². The lowest BCUT2D eigenvalue weighted by Gasteiger charge is -2.39. The van der Waals surface area contributed by atoms with Gasteiger partial charge < -0.3 is 19.1 Å². The number of methoxy groups -OCH3 is 3. The molecule has 4 rings (SSSR count). The number of para-hydroxylation sites is 2. The van der Waals surface area contributed by atoms with Crippen molar-refractivity contribution in [2.45, 2.75) is 32.4 Å². The Kier molecular flexibility index (Phi) is 7.93. The Labute approximate surface area is 208 Å². The SMILES string of the molecule is COc1ccccc1C(=O)N(c1cccc(C)c1)C1CCN(Cc2cccc(OC)c2OC)CC1. The van der Waals surface area contributed by atoms with E-state index in [0.29, 0.717) is 11.3 Å². The molecule has 1 amide bonds. The maximum absolute atomic E-state index is 13.9. The molecule has 184 valence electrons. The molecular weight excluding hydrogens is 440 g/mol. The van der Waals surface area contributed by atoms with Crippen LogP contribution in [0.15, 0.2) is 66.7 Å². The van der Waals surface area contributed by atoms with Crippen LogP contribution in [0.3, 0.4) is 0 Å². The minimum absolute atomic E-state index is 0.0269. The van der Waals surface area contributed by atoms with Crippen LogP contribution >= 0.6 is 0 Å². The van der Waals surface area contributed by atoms with E-state index in [1.54, 1.807) is 21.3 Å². The molecule has 0 atom stereocenters. The summed E-state index contributed by atoms with van der Waals surface area (Å²) in [5.41, 5.74) is 3.74. The first kappa shape index (κ1) is 24.6. The largest absolute Gasteiger partial charge is 0.496 e. The van der Waals surface area contributed by atoms with Gasteiger partial charge in [0.15, 0.2) is 11.5 Å². The number of carbonyl (C=O) groups excluding carboxylic acids is 1. The molecule has 0 saturated carbocycles. The predicted octanol–water partition coefficient (Wildman–Crippen LogP) is 5.33. The van der Waals surface area contributed by atoms with Gasteiger partial charge in [-0.2, -0.15) is 0 Å². The maximum Gasteiger partial charge on any atom is 0.262 e. The van der Waals surface area contributed by atoms with Crippen LogP contribution < -0.4 is 19.1 Å². The lowest BCUT2D eigenvalue weighted by molar-refractivity contribution is 0.0955. The van der Waals surface area contributed by atoms with Crippen LogP contribution in [0.5, 0.6) is 17.2 Å². The molecule has 1 saturated heterocycles. The van der Waals surface area contributed by atoms with Gasteiger partial charge in [-0.05, 0) is 55.7 Å². The van der Waals surface area contributed by atoms with Crippen molar-refractivity contribution >= 4 is 11.6 Å². The maximum atomic E-state index is 13.9. The Morgan fingerprint density at radius 2 is 1.57 bits per heavy atom. The third kappa shape index (κ3) is 5.43. The van der Waals surface area contributed by atoms with Crippen LogP contribution in [0.1, 0.15) is 34.3 Å². The van der Waals surface area contributed by atoms with Crippen LogP contribution in [0.4, 0.5) is 5.69 Å². The highest BCUT2D eigenvalue weighted by atomic mass is 16.5. The van der Waals surface area contributed by atoms with E-state index >= 15 is 0 Å². The van der Waals surface area contributed by atoms with Crippen molar-refractivity contribution in [2.75, 3.05) is 39.3 Å². The highest BCUT2D eigenvalue weighted by Crippen LogP contribution is 2.33. The number of carbonyl (C=O) groups is 1. The van der Waals surface area contributed by atoms with E-state index in [4.69, 9.17) is 14.2 Å². The normalized spacial score (nSPS) is 14.4. The first-order chi connectivity index (χ1) is 17.0. The van der Waals surface area contributed by atoms with E-state index in [1.807, 2.05) is 53.4 Å². The molecule has 6 nitrogen and oxygen atoms in total. The molecule has 1 heterocycles. The summed E-state index contributed by atoms with van der Waals surface area (Å²) in [7, 11) is 4.94. The lowest BCUT2D eigenvalue weighted by Crippen LogP contribution is -2.47. The summed E-state index contributed by atoms with van der Waals surface area (Å²) < 4.78 is 16.6. The molecule has 0 spiro atoms. The molecule has 3 aromatic rings. The van der Waals surface area contributed by atoms with Crippen LogP contribution in [-0.4, -0.2) is 51.3 Å². The summed E-state index contributed by atoms with van der Waals surface area (Å²) in [5.74, 6) is 2.09. The number of hydrogen-bond donors (Lipinski definition) is 0. The van der Waals surface area contributed by atoms with Gasteiger partial charge >= 0.3 is 0 Å². The third-order valence-electron chi connectivity index (χ3n) is 6.64. The Bertz CT molecular complexity index is 1150. The van der Waals surface area contributed by atoms with E-state index < -0.39 is 0 Å². The van der Waals surface area contributed by atoms with E-state index in [9.17, 15) is 4.79 Å². The summed E-state index contributed by atoms with van der Waals surface area (Å²) >= 11 is 0. The highest BCUT2D eigenvalue weighted by Gasteiger charge is 2.31. The fraction of sp³-hybridized carbons (Fsp3) is 0.345. The first-order valence-corrected chi connectivity index (χ1v) is 12.0. The molecule has 1 aliphatic heterocycles. The molecule has 3 aromatic carbocycles. The number of piperidine rings is 1. The summed E-state index contributed by atoms with van der Waals surface area (Å²) in [4.78, 5) is 18.2. The highest BCUT2D eigenvalue weighted by molar-refractivity contribution is 6.08. The van der Waals surface area contributed by atoms with Gasteiger partial charge in [-0.1, -0.05) is 36.4 Å². The summed E-state index contributed by atoms with van der Waals surface area (Å²) in [6.07, 6.45) is 1.75. The summed E-state index contributed by atoms with van der Waals surface area (Å²) in [6.45, 7) is 4.59. The summed E-state index contributed by atoms with van der Waals surface area (Å²) in [5, 5.41) is 0. The smallest absolute Gasteiger partial charge is 0.262 e. The second-order valence-corrected chi connectivity index (χ2v) is 8.87. The van der Waals surface area contributed by atoms with E-state index in [1.165, 1.54) is 0 Å². The average Bonchev–Trinajstić information content (AvgIpc) is 2.89. The van der Waals surface area contributed by atoms with Crippen molar-refractivity contribution in [2.24, 2.45) is 0 Å². The number of nitrogens with zero attached hydrogens (tertiary/aromatic N) is 2.